The second-order valence-electron chi connectivity index (χ2n) is 6.60. The third kappa shape index (κ3) is 6.36. The van der Waals surface area contributed by atoms with Gasteiger partial charge in [-0.3, -0.25) is 4.99 Å². The molecule has 1 aliphatic carbocycles. The smallest absolute Gasteiger partial charge is 0.193 e. The first-order valence-corrected chi connectivity index (χ1v) is 9.46. The quantitative estimate of drug-likeness (QED) is 0.356. The molecule has 4 nitrogen and oxygen atoms in total. The van der Waals surface area contributed by atoms with Gasteiger partial charge in [0.15, 0.2) is 5.96 Å². The average molecular weight is 526 g/mol. The summed E-state index contributed by atoms with van der Waals surface area (Å²) in [6.45, 7) is 3.37. The predicted octanol–water partition coefficient (Wildman–Crippen LogP) is 4.17. The van der Waals surface area contributed by atoms with Crippen LogP contribution in [0.5, 0.6) is 0 Å². The van der Waals surface area contributed by atoms with Crippen molar-refractivity contribution in [2.45, 2.75) is 38.3 Å². The highest BCUT2D eigenvalue weighted by Gasteiger charge is 2.26. The topological polar surface area (TPSA) is 36.9 Å². The lowest BCUT2D eigenvalue weighted by molar-refractivity contribution is 0.0131. The van der Waals surface area contributed by atoms with Gasteiger partial charge in [0.1, 0.15) is 5.82 Å². The molecule has 0 unspecified atom stereocenters. The van der Waals surface area contributed by atoms with Crippen LogP contribution in [0.2, 0.25) is 0 Å². The van der Waals surface area contributed by atoms with Crippen molar-refractivity contribution < 1.29 is 9.13 Å². The number of ether oxygens (including phenoxy) is 1. The molecule has 2 fully saturated rings. The Hall–Kier alpha value is -0.410. The lowest BCUT2D eigenvalue weighted by Crippen LogP contribution is -2.46. The third-order valence-electron chi connectivity index (χ3n) is 4.66. The molecule has 1 N–H and O–H groups in total. The van der Waals surface area contributed by atoms with Gasteiger partial charge in [0.25, 0.3) is 0 Å². The van der Waals surface area contributed by atoms with Crippen LogP contribution < -0.4 is 5.32 Å². The maximum absolute atomic E-state index is 13.4. The zero-order valence-electron chi connectivity index (χ0n) is 14.5. The highest BCUT2D eigenvalue weighted by atomic mass is 127. The summed E-state index contributed by atoms with van der Waals surface area (Å²) in [6, 6.07) is 4.73. The Morgan fingerprint density at radius 1 is 1.32 bits per heavy atom. The second kappa shape index (κ2) is 10.1. The summed E-state index contributed by atoms with van der Waals surface area (Å²) in [5, 5.41) is 3.34. The fourth-order valence-electron chi connectivity index (χ4n) is 2.98. The molecule has 0 spiro atoms. The molecule has 3 rings (SSSR count). The predicted molar refractivity (Wildman–Crippen MR) is 113 cm³/mol. The van der Waals surface area contributed by atoms with E-state index in [4.69, 9.17) is 4.74 Å². The molecule has 7 heteroatoms. The molecule has 1 heterocycles. The minimum Gasteiger partial charge on any atom is -0.378 e. The molecule has 1 saturated heterocycles. The normalized spacial score (nSPS) is 18.8. The van der Waals surface area contributed by atoms with Gasteiger partial charge in [0, 0.05) is 37.8 Å². The fourth-order valence-corrected chi connectivity index (χ4v) is 3.36. The van der Waals surface area contributed by atoms with Gasteiger partial charge < -0.3 is 15.0 Å². The van der Waals surface area contributed by atoms with Crippen LogP contribution >= 0.6 is 39.9 Å². The Morgan fingerprint density at radius 3 is 2.68 bits per heavy atom. The number of rotatable bonds is 5. The molecule has 1 saturated carbocycles. The van der Waals surface area contributed by atoms with E-state index in [-0.39, 0.29) is 29.8 Å². The molecule has 140 valence electrons. The molecule has 25 heavy (non-hydrogen) atoms. The van der Waals surface area contributed by atoms with Crippen LogP contribution in [0.4, 0.5) is 4.39 Å². The molecule has 0 aromatic heterocycles. The molecule has 0 radical (unpaired) electrons. The Kier molecular flexibility index (Phi) is 8.41. The summed E-state index contributed by atoms with van der Waals surface area (Å²) in [5.74, 6) is 1.47. The van der Waals surface area contributed by atoms with E-state index >= 15 is 0 Å². The number of hydrogen-bond acceptors (Lipinski definition) is 2. The highest BCUT2D eigenvalue weighted by Crippen LogP contribution is 2.30. The van der Waals surface area contributed by atoms with E-state index in [0.717, 1.165) is 54.5 Å². The SMILES string of the molecule is CN=C(NCc1cc(F)ccc1Br)N1CCC(OCC2CC2)CC1.I. The van der Waals surface area contributed by atoms with Crippen molar-refractivity contribution in [2.24, 2.45) is 10.9 Å². The van der Waals surface area contributed by atoms with Crippen molar-refractivity contribution in [1.82, 2.24) is 10.2 Å². The number of guanidine groups is 1. The van der Waals surface area contributed by atoms with Gasteiger partial charge in [0.05, 0.1) is 6.10 Å². The number of nitrogens with one attached hydrogen (secondary N) is 1. The third-order valence-corrected chi connectivity index (χ3v) is 5.44. The summed E-state index contributed by atoms with van der Waals surface area (Å²) in [6.07, 6.45) is 5.14. The molecule has 2 aliphatic rings. The zero-order chi connectivity index (χ0) is 16.9. The van der Waals surface area contributed by atoms with Crippen LogP contribution in [0.25, 0.3) is 0 Å². The van der Waals surface area contributed by atoms with Crippen molar-refractivity contribution in [2.75, 3.05) is 26.7 Å². The van der Waals surface area contributed by atoms with Crippen molar-refractivity contribution in [3.8, 4) is 0 Å². The van der Waals surface area contributed by atoms with Gasteiger partial charge >= 0.3 is 0 Å². The second-order valence-corrected chi connectivity index (χ2v) is 7.45. The summed E-state index contributed by atoms with van der Waals surface area (Å²) in [7, 11) is 1.79. The number of piperidine rings is 1. The maximum Gasteiger partial charge on any atom is 0.193 e. The Bertz CT molecular complexity index is 590. The van der Waals surface area contributed by atoms with Crippen molar-refractivity contribution in [3.05, 3.63) is 34.1 Å². The zero-order valence-corrected chi connectivity index (χ0v) is 18.4. The average Bonchev–Trinajstić information content (AvgIpc) is 3.42. The summed E-state index contributed by atoms with van der Waals surface area (Å²) >= 11 is 3.46. The van der Waals surface area contributed by atoms with Gasteiger partial charge in [-0.2, -0.15) is 0 Å². The highest BCUT2D eigenvalue weighted by molar-refractivity contribution is 14.0. The van der Waals surface area contributed by atoms with Crippen LogP contribution in [0, 0.1) is 11.7 Å². The first-order valence-electron chi connectivity index (χ1n) is 8.67. The summed E-state index contributed by atoms with van der Waals surface area (Å²) in [5.41, 5.74) is 0.888. The van der Waals surface area contributed by atoms with E-state index in [0.29, 0.717) is 12.6 Å². The number of likely N-dealkylation sites (tertiary alicyclic amines) is 1. The van der Waals surface area contributed by atoms with Crippen LogP contribution in [-0.4, -0.2) is 43.7 Å². The van der Waals surface area contributed by atoms with E-state index in [2.05, 4.69) is 31.1 Å². The molecule has 1 aromatic rings. The first-order chi connectivity index (χ1) is 11.7. The molecule has 1 aromatic carbocycles. The largest absolute Gasteiger partial charge is 0.378 e. The number of aliphatic imine (C=N–C) groups is 1. The van der Waals surface area contributed by atoms with Gasteiger partial charge in [-0.15, -0.1) is 24.0 Å². The van der Waals surface area contributed by atoms with E-state index in [1.165, 1.54) is 18.9 Å². The van der Waals surface area contributed by atoms with Crippen molar-refractivity contribution in [3.63, 3.8) is 0 Å². The van der Waals surface area contributed by atoms with Crippen LogP contribution in [0.1, 0.15) is 31.2 Å². The van der Waals surface area contributed by atoms with Gasteiger partial charge in [-0.05, 0) is 55.4 Å². The summed E-state index contributed by atoms with van der Waals surface area (Å²) in [4.78, 5) is 6.62. The number of hydrogen-bond donors (Lipinski definition) is 1. The molecular weight excluding hydrogens is 500 g/mol. The monoisotopic (exact) mass is 525 g/mol. The maximum atomic E-state index is 13.4. The van der Waals surface area contributed by atoms with Crippen molar-refractivity contribution in [1.29, 1.82) is 0 Å². The molecule has 1 aliphatic heterocycles. The van der Waals surface area contributed by atoms with Crippen molar-refractivity contribution >= 4 is 45.9 Å². The minimum atomic E-state index is -0.224. The van der Waals surface area contributed by atoms with Gasteiger partial charge in [-0.25, -0.2) is 4.39 Å². The van der Waals surface area contributed by atoms with Crippen LogP contribution in [-0.2, 0) is 11.3 Å². The standard InChI is InChI=1S/C18H25BrFN3O.HI/c1-21-18(22-11-14-10-15(20)4-5-17(14)19)23-8-6-16(7-9-23)24-12-13-2-3-13;/h4-5,10,13,16H,2-3,6-9,11-12H2,1H3,(H,21,22);1H. The number of nitrogens with zero attached hydrogens (tertiary/aromatic N) is 2. The first kappa shape index (κ1) is 20.9. The molecular formula is C18H26BrFIN3O. The molecule has 0 amide bonds. The lowest BCUT2D eigenvalue weighted by Gasteiger charge is -2.34. The molecule has 0 bridgehead atoms. The van der Waals surface area contributed by atoms with Gasteiger partial charge in [-0.1, -0.05) is 15.9 Å². The molecule has 0 atom stereocenters. The van der Waals surface area contributed by atoms with Crippen LogP contribution in [0.15, 0.2) is 27.7 Å². The Morgan fingerprint density at radius 2 is 2.04 bits per heavy atom. The van der Waals surface area contributed by atoms with E-state index in [1.807, 2.05) is 0 Å². The van der Waals surface area contributed by atoms with E-state index in [9.17, 15) is 4.39 Å². The van der Waals surface area contributed by atoms with E-state index in [1.54, 1.807) is 19.2 Å². The Balaban J connectivity index is 0.00000225. The van der Waals surface area contributed by atoms with Gasteiger partial charge in [0.2, 0.25) is 0 Å². The Labute approximate surface area is 174 Å². The van der Waals surface area contributed by atoms with E-state index < -0.39 is 0 Å². The van der Waals surface area contributed by atoms with Crippen LogP contribution in [0.3, 0.4) is 0 Å². The minimum absolute atomic E-state index is 0. The fraction of sp³-hybridized carbons (Fsp3) is 0.611. The number of halogens is 3. The lowest BCUT2D eigenvalue weighted by atomic mass is 10.1. The number of benzene rings is 1. The summed E-state index contributed by atoms with van der Waals surface area (Å²) < 4.78 is 20.3.